The van der Waals surface area contributed by atoms with E-state index >= 15 is 0 Å². The van der Waals surface area contributed by atoms with Crippen molar-refractivity contribution in [1.82, 2.24) is 4.57 Å². The molecule has 5 heteroatoms. The second-order valence-corrected chi connectivity index (χ2v) is 2.26. The van der Waals surface area contributed by atoms with Crippen LogP contribution in [-0.2, 0) is 7.05 Å². The Kier molecular flexibility index (Phi) is 1.99. The van der Waals surface area contributed by atoms with Gasteiger partial charge in [0.1, 0.15) is 11.8 Å². The van der Waals surface area contributed by atoms with Crippen molar-refractivity contribution in [3.63, 3.8) is 0 Å². The van der Waals surface area contributed by atoms with E-state index in [0.29, 0.717) is 11.2 Å². The Morgan fingerprint density at radius 3 is 2.55 bits per heavy atom. The number of aryl methyl sites for hydroxylation is 1. The SMILES string of the molecule is Cn1cc(B(O)O)cc1C#N. The smallest absolute Gasteiger partial charge is 0.423 e. The Morgan fingerprint density at radius 2 is 2.27 bits per heavy atom. The van der Waals surface area contributed by atoms with Gasteiger partial charge in [-0.2, -0.15) is 5.26 Å². The molecule has 0 unspecified atom stereocenters. The average Bonchev–Trinajstić information content (AvgIpc) is 2.31. The minimum atomic E-state index is -1.50. The summed E-state index contributed by atoms with van der Waals surface area (Å²) in [6.07, 6.45) is 1.50. The van der Waals surface area contributed by atoms with E-state index in [9.17, 15) is 0 Å². The standard InChI is InChI=1S/C6H7BN2O2/c1-9-4-5(7(10)11)2-6(9)3-8/h2,4,10-11H,1H3. The second-order valence-electron chi connectivity index (χ2n) is 2.26. The topological polar surface area (TPSA) is 69.2 Å². The van der Waals surface area contributed by atoms with E-state index in [-0.39, 0.29) is 0 Å². The van der Waals surface area contributed by atoms with Gasteiger partial charge in [0.15, 0.2) is 0 Å². The highest BCUT2D eigenvalue weighted by Crippen LogP contribution is 1.94. The van der Waals surface area contributed by atoms with Gasteiger partial charge in [0.25, 0.3) is 0 Å². The molecule has 0 amide bonds. The maximum absolute atomic E-state index is 8.69. The monoisotopic (exact) mass is 150 g/mol. The Balaban J connectivity index is 3.07. The van der Waals surface area contributed by atoms with Gasteiger partial charge in [0.2, 0.25) is 0 Å². The molecule has 1 heterocycles. The summed E-state index contributed by atoms with van der Waals surface area (Å²) in [6, 6.07) is 3.35. The summed E-state index contributed by atoms with van der Waals surface area (Å²) >= 11 is 0. The van der Waals surface area contributed by atoms with E-state index in [4.69, 9.17) is 15.3 Å². The van der Waals surface area contributed by atoms with Crippen LogP contribution in [0.2, 0.25) is 0 Å². The number of aromatic nitrogens is 1. The maximum Gasteiger partial charge on any atom is 0.490 e. The number of rotatable bonds is 1. The van der Waals surface area contributed by atoms with E-state index in [1.807, 2.05) is 6.07 Å². The van der Waals surface area contributed by atoms with E-state index in [0.717, 1.165) is 0 Å². The van der Waals surface area contributed by atoms with Crippen LogP contribution in [0, 0.1) is 11.3 Å². The van der Waals surface area contributed by atoms with Crippen molar-refractivity contribution in [3.8, 4) is 6.07 Å². The van der Waals surface area contributed by atoms with Gasteiger partial charge in [0, 0.05) is 18.7 Å². The summed E-state index contributed by atoms with van der Waals surface area (Å²) < 4.78 is 1.54. The first-order valence-electron chi connectivity index (χ1n) is 3.07. The molecule has 0 radical (unpaired) electrons. The quantitative estimate of drug-likeness (QED) is 0.482. The van der Waals surface area contributed by atoms with Crippen LogP contribution in [0.25, 0.3) is 0 Å². The molecule has 2 N–H and O–H groups in total. The van der Waals surface area contributed by atoms with E-state index in [1.54, 1.807) is 7.05 Å². The molecular weight excluding hydrogens is 143 g/mol. The maximum atomic E-state index is 8.69. The lowest BCUT2D eigenvalue weighted by Crippen LogP contribution is -2.28. The van der Waals surface area contributed by atoms with Gasteiger partial charge in [-0.1, -0.05) is 0 Å². The first-order chi connectivity index (χ1) is 5.15. The normalized spacial score (nSPS) is 9.27. The van der Waals surface area contributed by atoms with Gasteiger partial charge < -0.3 is 14.6 Å². The Labute approximate surface area is 64.5 Å². The van der Waals surface area contributed by atoms with Crippen LogP contribution in [0.4, 0.5) is 0 Å². The van der Waals surface area contributed by atoms with E-state index in [1.165, 1.54) is 16.8 Å². The molecule has 11 heavy (non-hydrogen) atoms. The van der Waals surface area contributed by atoms with Gasteiger partial charge in [-0.3, -0.25) is 0 Å². The molecule has 4 nitrogen and oxygen atoms in total. The second kappa shape index (κ2) is 2.78. The predicted molar refractivity (Wildman–Crippen MR) is 40.0 cm³/mol. The lowest BCUT2D eigenvalue weighted by molar-refractivity contribution is 0.425. The molecule has 0 aliphatic carbocycles. The number of nitriles is 1. The Hall–Kier alpha value is -1.25. The van der Waals surface area contributed by atoms with Crippen LogP contribution in [-0.4, -0.2) is 21.7 Å². The molecule has 0 aromatic carbocycles. The molecule has 0 aliphatic rings. The molecule has 0 bridgehead atoms. The lowest BCUT2D eigenvalue weighted by Gasteiger charge is -1.89. The highest BCUT2D eigenvalue weighted by atomic mass is 16.4. The molecule has 0 saturated carbocycles. The molecule has 0 atom stereocenters. The third-order valence-electron chi connectivity index (χ3n) is 1.44. The lowest BCUT2D eigenvalue weighted by atomic mass is 9.82. The van der Waals surface area contributed by atoms with Crippen molar-refractivity contribution >= 4 is 12.6 Å². The van der Waals surface area contributed by atoms with Crippen molar-refractivity contribution in [3.05, 3.63) is 18.0 Å². The molecule has 0 aliphatic heterocycles. The molecule has 0 fully saturated rings. The van der Waals surface area contributed by atoms with Gasteiger partial charge in [-0.15, -0.1) is 0 Å². The summed E-state index contributed by atoms with van der Waals surface area (Å²) in [6.45, 7) is 0. The highest BCUT2D eigenvalue weighted by molar-refractivity contribution is 6.58. The minimum Gasteiger partial charge on any atom is -0.423 e. The third kappa shape index (κ3) is 1.42. The van der Waals surface area contributed by atoms with E-state index in [2.05, 4.69) is 0 Å². The van der Waals surface area contributed by atoms with Crippen LogP contribution >= 0.6 is 0 Å². The zero-order valence-corrected chi connectivity index (χ0v) is 6.02. The molecule has 1 aromatic heterocycles. The first-order valence-corrected chi connectivity index (χ1v) is 3.07. The van der Waals surface area contributed by atoms with Crippen molar-refractivity contribution in [2.45, 2.75) is 0 Å². The largest absolute Gasteiger partial charge is 0.490 e. The number of hydrogen-bond donors (Lipinski definition) is 2. The summed E-state index contributed by atoms with van der Waals surface area (Å²) in [7, 11) is 0.174. The van der Waals surface area contributed by atoms with Gasteiger partial charge in [0.05, 0.1) is 0 Å². The van der Waals surface area contributed by atoms with Gasteiger partial charge >= 0.3 is 7.12 Å². The molecule has 56 valence electrons. The van der Waals surface area contributed by atoms with Gasteiger partial charge in [-0.25, -0.2) is 0 Å². The van der Waals surface area contributed by atoms with Crippen LogP contribution in [0.1, 0.15) is 5.69 Å². The fraction of sp³-hybridized carbons (Fsp3) is 0.167. The van der Waals surface area contributed by atoms with Crippen molar-refractivity contribution in [2.24, 2.45) is 7.05 Å². The fourth-order valence-corrected chi connectivity index (χ4v) is 0.842. The number of nitrogens with zero attached hydrogens (tertiary/aromatic N) is 2. The van der Waals surface area contributed by atoms with Crippen LogP contribution in [0.3, 0.4) is 0 Å². The number of hydrogen-bond acceptors (Lipinski definition) is 3. The summed E-state index contributed by atoms with van der Waals surface area (Å²) in [5, 5.41) is 25.9. The van der Waals surface area contributed by atoms with Crippen LogP contribution in [0.15, 0.2) is 12.3 Å². The van der Waals surface area contributed by atoms with Crippen molar-refractivity contribution in [1.29, 1.82) is 5.26 Å². The van der Waals surface area contributed by atoms with E-state index < -0.39 is 7.12 Å². The summed E-state index contributed by atoms with van der Waals surface area (Å²) in [5.74, 6) is 0. The Morgan fingerprint density at radius 1 is 1.64 bits per heavy atom. The Bertz CT molecular complexity index is 300. The summed E-state index contributed by atoms with van der Waals surface area (Å²) in [4.78, 5) is 0. The van der Waals surface area contributed by atoms with Crippen LogP contribution < -0.4 is 5.46 Å². The molecular formula is C6H7BN2O2. The predicted octanol–water partition coefficient (Wildman–Crippen LogP) is -1.42. The zero-order valence-electron chi connectivity index (χ0n) is 6.02. The fourth-order valence-electron chi connectivity index (χ4n) is 0.842. The average molecular weight is 150 g/mol. The highest BCUT2D eigenvalue weighted by Gasteiger charge is 2.13. The van der Waals surface area contributed by atoms with Crippen molar-refractivity contribution in [2.75, 3.05) is 0 Å². The minimum absolute atomic E-state index is 0.337. The molecule has 1 rings (SSSR count). The zero-order chi connectivity index (χ0) is 8.43. The van der Waals surface area contributed by atoms with Crippen molar-refractivity contribution < 1.29 is 10.0 Å². The molecule has 1 aromatic rings. The van der Waals surface area contributed by atoms with Gasteiger partial charge in [-0.05, 0) is 6.07 Å². The molecule has 0 saturated heterocycles. The van der Waals surface area contributed by atoms with Crippen LogP contribution in [0.5, 0.6) is 0 Å². The first kappa shape index (κ1) is 7.86. The molecule has 0 spiro atoms. The summed E-state index contributed by atoms with van der Waals surface area (Å²) in [5.41, 5.74) is 0.747. The third-order valence-corrected chi connectivity index (χ3v) is 1.44.